The summed E-state index contributed by atoms with van der Waals surface area (Å²) < 4.78 is 54.0. The van der Waals surface area contributed by atoms with E-state index >= 15 is 8.78 Å². The normalized spacial score (nSPS) is 13.5. The molecule has 92 heavy (non-hydrogen) atoms. The van der Waals surface area contributed by atoms with E-state index in [4.69, 9.17) is 9.47 Å². The summed E-state index contributed by atoms with van der Waals surface area (Å²) >= 11 is -0.233. The Bertz CT molecular complexity index is 4360. The van der Waals surface area contributed by atoms with Gasteiger partial charge >= 0.3 is 293 Å². The monoisotopic (exact) mass is 1350 g/mol. The molecule has 6 nitrogen and oxygen atoms in total. The molecular formula is C83H100F2IN2O4-. The standard InChI is InChI=1S/C83H100F2IN2O4/c1-22-31-86-61-26-30-65-64-29-25-56(49(6)7)37-72(64)88(73(65)44-61)75-41-58(83(20,21)46-81(15,16)17)39-67(77(75)90)69-43-60(85)33-51(9)79(69)92-53(11)34-52(10)91-78-50(8)32-59(84)42-68(78)66-38-57(82(18,19)45-80(12,13)14)40-74(76(66)89)87-70-35-54(47(2)3)23-27-62(70)63-28-24-55(48(4)5)36-71(63)87/h23-30,32-33,35-44,47-49,52-53,89-90H,22,31,34,45-46H2,1-21H3/q-1/t52-,53+/m1/s1. The van der Waals surface area contributed by atoms with E-state index in [1.807, 2.05) is 33.8 Å². The molecule has 2 atom stereocenters. The molecule has 10 aromatic rings. The molecule has 2 aromatic heterocycles. The van der Waals surface area contributed by atoms with Crippen molar-refractivity contribution >= 4 is 43.6 Å². The summed E-state index contributed by atoms with van der Waals surface area (Å²) in [5, 5.41) is 30.9. The quantitative estimate of drug-likeness (QED) is 0.0589. The first-order valence-corrected chi connectivity index (χ1v) is 36.1. The molecule has 0 unspecified atom stereocenters. The van der Waals surface area contributed by atoms with Crippen molar-refractivity contribution in [2.24, 2.45) is 10.8 Å². The van der Waals surface area contributed by atoms with Crippen LogP contribution >= 0.6 is 0 Å². The molecule has 0 aliphatic carbocycles. The van der Waals surface area contributed by atoms with Gasteiger partial charge in [0.2, 0.25) is 0 Å². The predicted octanol–water partition coefficient (Wildman–Crippen LogP) is 20.6. The molecule has 0 aliphatic rings. The molecule has 10 rings (SSSR count). The second kappa shape index (κ2) is 25.8. The number of phenols is 2. The van der Waals surface area contributed by atoms with Crippen LogP contribution in [0.4, 0.5) is 8.78 Å². The van der Waals surface area contributed by atoms with Crippen LogP contribution in [0.5, 0.6) is 23.0 Å². The average Bonchev–Trinajstić information content (AvgIpc) is 1.43. The summed E-state index contributed by atoms with van der Waals surface area (Å²) in [6.45, 7) is 45.7. The molecule has 0 spiro atoms. The molecule has 0 radical (unpaired) electrons. The Balaban J connectivity index is 1.09. The van der Waals surface area contributed by atoms with Gasteiger partial charge < -0.3 is 14.4 Å². The Labute approximate surface area is 558 Å². The summed E-state index contributed by atoms with van der Waals surface area (Å²) in [7, 11) is 0. The molecule has 9 heteroatoms. The number of nitrogens with zero attached hydrogens (tertiary/aromatic N) is 2. The molecule has 0 aliphatic heterocycles. The Morgan fingerprint density at radius 1 is 0.446 bits per heavy atom. The van der Waals surface area contributed by atoms with Crippen molar-refractivity contribution in [1.29, 1.82) is 0 Å². The molecule has 488 valence electrons. The molecule has 2 N–H and O–H groups in total. The van der Waals surface area contributed by atoms with Gasteiger partial charge in [0.15, 0.2) is 0 Å². The number of aryl methyl sites for hydroxylation is 2. The van der Waals surface area contributed by atoms with E-state index in [1.165, 1.54) is 49.0 Å². The van der Waals surface area contributed by atoms with Gasteiger partial charge in [0.05, 0.1) is 22.8 Å². The van der Waals surface area contributed by atoms with Crippen LogP contribution in [0.3, 0.4) is 0 Å². The summed E-state index contributed by atoms with van der Waals surface area (Å²) in [4.78, 5) is 0. The van der Waals surface area contributed by atoms with Crippen LogP contribution in [0.15, 0.2) is 121 Å². The number of hydrogen-bond donors (Lipinski definition) is 2. The first-order valence-electron chi connectivity index (χ1n) is 33.5. The first-order chi connectivity index (χ1) is 43.0. The van der Waals surface area contributed by atoms with Crippen molar-refractivity contribution in [2.75, 3.05) is 4.43 Å². The molecule has 0 bridgehead atoms. The van der Waals surface area contributed by atoms with Crippen molar-refractivity contribution in [2.45, 2.75) is 212 Å². The van der Waals surface area contributed by atoms with E-state index in [0.29, 0.717) is 62.7 Å². The molecule has 8 aromatic carbocycles. The summed E-state index contributed by atoms with van der Waals surface area (Å²) in [5.74, 6) is 0.909. The van der Waals surface area contributed by atoms with Crippen LogP contribution in [0.25, 0.3) is 77.2 Å². The van der Waals surface area contributed by atoms with Gasteiger partial charge in [-0.25, -0.2) is 4.39 Å². The number of benzene rings is 8. The third-order valence-electron chi connectivity index (χ3n) is 18.5. The van der Waals surface area contributed by atoms with Crippen molar-refractivity contribution in [1.82, 2.24) is 9.13 Å². The minimum absolute atomic E-state index is 0.0244. The zero-order valence-corrected chi connectivity index (χ0v) is 60.9. The van der Waals surface area contributed by atoms with Gasteiger partial charge in [-0.3, -0.25) is 0 Å². The number of fused-ring (bicyclic) bond motifs is 6. The number of rotatable bonds is 20. The Morgan fingerprint density at radius 2 is 0.793 bits per heavy atom. The van der Waals surface area contributed by atoms with Crippen LogP contribution in [0.1, 0.15) is 214 Å². The van der Waals surface area contributed by atoms with Crippen LogP contribution in [0.2, 0.25) is 0 Å². The second-order valence-electron chi connectivity index (χ2n) is 31.3. The van der Waals surface area contributed by atoms with Crippen LogP contribution in [-0.2, 0) is 10.8 Å². The Kier molecular flexibility index (Phi) is 19.1. The van der Waals surface area contributed by atoms with Crippen LogP contribution in [0, 0.1) is 39.9 Å². The van der Waals surface area contributed by atoms with Gasteiger partial charge in [-0.2, -0.15) is 0 Å². The molecule has 0 amide bonds. The van der Waals surface area contributed by atoms with Gasteiger partial charge in [0.1, 0.15) is 17.3 Å². The topological polar surface area (TPSA) is 68.8 Å². The van der Waals surface area contributed by atoms with E-state index in [1.54, 1.807) is 0 Å². The predicted molar refractivity (Wildman–Crippen MR) is 380 cm³/mol. The maximum atomic E-state index is 16.4. The number of aromatic nitrogens is 2. The van der Waals surface area contributed by atoms with Crippen molar-refractivity contribution in [3.8, 4) is 56.6 Å². The van der Waals surface area contributed by atoms with Gasteiger partial charge in [0.25, 0.3) is 0 Å². The molecule has 0 saturated carbocycles. The van der Waals surface area contributed by atoms with E-state index in [2.05, 4.69) is 218 Å². The van der Waals surface area contributed by atoms with Crippen molar-refractivity contribution in [3.63, 3.8) is 0 Å². The minimum atomic E-state index is -0.502. The number of aromatic hydroxyl groups is 2. The van der Waals surface area contributed by atoms with Crippen molar-refractivity contribution < 1.29 is 49.7 Å². The fourth-order valence-corrected chi connectivity index (χ4v) is 16.8. The van der Waals surface area contributed by atoms with Gasteiger partial charge in [-0.05, 0) is 102 Å². The first kappa shape index (κ1) is 68.0. The van der Waals surface area contributed by atoms with E-state index in [9.17, 15) is 10.2 Å². The maximum absolute atomic E-state index is 16.4. The summed E-state index contributed by atoms with van der Waals surface area (Å²) in [6, 6.07) is 41.4. The molecular weight excluding hydrogens is 1250 g/mol. The fourth-order valence-electron chi connectivity index (χ4n) is 14.7. The number of hydrogen-bond acceptors (Lipinski definition) is 4. The van der Waals surface area contributed by atoms with E-state index < -0.39 is 23.8 Å². The zero-order chi connectivity index (χ0) is 67.0. The molecule has 0 saturated heterocycles. The number of phenolic OH excluding ortho intramolecular Hbond substituents is 2. The van der Waals surface area contributed by atoms with Gasteiger partial charge in [-0.1, -0.05) is 86.6 Å². The van der Waals surface area contributed by atoms with E-state index in [0.717, 1.165) is 74.0 Å². The third kappa shape index (κ3) is 13.9. The molecule has 2 heterocycles. The second-order valence-corrected chi connectivity index (χ2v) is 34.4. The Morgan fingerprint density at radius 3 is 1.13 bits per heavy atom. The number of halogens is 3. The number of alkyl halides is 1. The Hall–Kier alpha value is -6.85. The average molecular weight is 1350 g/mol. The van der Waals surface area contributed by atoms with Crippen molar-refractivity contribution in [3.05, 3.63) is 175 Å². The SMILES string of the molecule is CCC[I-]c1ccc2c3ccc(C(C)C)cc3n(-c3cc(C(C)(C)CC(C)(C)C)cc(-c4cc(F)cc(C)c4O[C@@H](C)C[C@@H](C)Oc4c(C)cc(F)cc4-c4cc(C(C)(C)CC(C)(C)C)cc(-n5c6cc(C(C)C)ccc6c6ccc(C(C)C)cc65)c4O)c3O)c2c1. The summed E-state index contributed by atoms with van der Waals surface area (Å²) in [6.07, 6.45) is 2.18. The van der Waals surface area contributed by atoms with E-state index in [-0.39, 0.29) is 72.1 Å². The van der Waals surface area contributed by atoms with Crippen LogP contribution < -0.4 is 30.7 Å². The van der Waals surface area contributed by atoms with Gasteiger partial charge in [0, 0.05) is 21.9 Å². The zero-order valence-electron chi connectivity index (χ0n) is 58.7. The third-order valence-corrected chi connectivity index (χ3v) is 21.7. The van der Waals surface area contributed by atoms with Gasteiger partial charge in [-0.15, -0.1) is 0 Å². The van der Waals surface area contributed by atoms with Crippen LogP contribution in [-0.4, -0.2) is 36.0 Å². The number of ether oxygens (including phenoxy) is 2. The fraction of sp³-hybridized carbons (Fsp3) is 0.422. The summed E-state index contributed by atoms with van der Waals surface area (Å²) in [5.41, 5.74) is 13.1. The molecule has 0 fully saturated rings.